The highest BCUT2D eigenvalue weighted by Crippen LogP contribution is 2.20. The van der Waals surface area contributed by atoms with Crippen molar-refractivity contribution >= 4 is 52.5 Å². The Labute approximate surface area is 154 Å². The fourth-order valence-corrected chi connectivity index (χ4v) is 3.09. The number of carbonyl (C=O) groups is 2. The van der Waals surface area contributed by atoms with Crippen LogP contribution in [0.5, 0.6) is 0 Å². The van der Waals surface area contributed by atoms with E-state index in [1.54, 1.807) is 24.3 Å². The molecule has 0 aliphatic heterocycles. The number of carbonyl (C=O) groups excluding carboxylic acids is 2. The maximum atomic E-state index is 11.7. The number of ether oxygens (including phenoxy) is 1. The molecular weight excluding hydrogens is 369 g/mol. The van der Waals surface area contributed by atoms with Crippen LogP contribution in [-0.4, -0.2) is 18.5 Å². The number of amides is 1. The Bertz CT molecular complexity index is 771. The van der Waals surface area contributed by atoms with Gasteiger partial charge in [0.25, 0.3) is 5.91 Å². The highest BCUT2D eigenvalue weighted by Gasteiger charge is 2.07. The Morgan fingerprint density at radius 2 is 2.08 bits per heavy atom. The first-order valence-corrected chi connectivity index (χ1v) is 8.69. The summed E-state index contributed by atoms with van der Waals surface area (Å²) in [5.41, 5.74) is 1.82. The van der Waals surface area contributed by atoms with Gasteiger partial charge in [-0.05, 0) is 47.7 Å². The summed E-state index contributed by atoms with van der Waals surface area (Å²) in [4.78, 5) is 24.3. The molecule has 24 heavy (non-hydrogen) atoms. The molecule has 1 aromatic carbocycles. The van der Waals surface area contributed by atoms with Gasteiger partial charge in [0.2, 0.25) is 0 Å². The van der Waals surface area contributed by atoms with Gasteiger partial charge < -0.3 is 10.1 Å². The number of nitrogens with one attached hydrogen (secondary N) is 1. The van der Waals surface area contributed by atoms with Gasteiger partial charge in [-0.1, -0.05) is 29.3 Å². The minimum atomic E-state index is -0.567. The first-order valence-electron chi connectivity index (χ1n) is 7.05. The topological polar surface area (TPSA) is 55.4 Å². The van der Waals surface area contributed by atoms with Crippen LogP contribution < -0.4 is 5.32 Å². The molecule has 1 aromatic heterocycles. The van der Waals surface area contributed by atoms with Gasteiger partial charge in [0, 0.05) is 27.5 Å². The van der Waals surface area contributed by atoms with Crippen molar-refractivity contribution in [3.8, 4) is 0 Å². The number of benzene rings is 1. The lowest BCUT2D eigenvalue weighted by atomic mass is 10.2. The van der Waals surface area contributed by atoms with Crippen molar-refractivity contribution in [2.75, 3.05) is 6.61 Å². The standard InChI is InChI=1S/C17H15Cl2NO3S/c1-11-6-7-24-15(11)4-5-17(22)23-10-16(21)20-9-12-2-3-13(18)8-14(12)19/h2-8H,9-10H2,1H3,(H,20,21)/b5-4+. The molecular formula is C17H15Cl2NO3S. The van der Waals surface area contributed by atoms with Gasteiger partial charge >= 0.3 is 5.97 Å². The minimum Gasteiger partial charge on any atom is -0.452 e. The van der Waals surface area contributed by atoms with E-state index in [0.29, 0.717) is 10.0 Å². The second-order valence-electron chi connectivity index (χ2n) is 4.92. The van der Waals surface area contributed by atoms with E-state index in [1.807, 2.05) is 18.4 Å². The molecule has 0 fully saturated rings. The fourth-order valence-electron chi connectivity index (χ4n) is 1.79. The fraction of sp³-hybridized carbons (Fsp3) is 0.176. The van der Waals surface area contributed by atoms with Crippen LogP contribution in [0.3, 0.4) is 0 Å². The summed E-state index contributed by atoms with van der Waals surface area (Å²) in [6.45, 7) is 1.84. The molecule has 0 radical (unpaired) electrons. The van der Waals surface area contributed by atoms with Gasteiger partial charge in [0.15, 0.2) is 6.61 Å². The average molecular weight is 384 g/mol. The van der Waals surface area contributed by atoms with Crippen molar-refractivity contribution in [3.05, 3.63) is 61.8 Å². The Balaban J connectivity index is 1.75. The molecule has 2 rings (SSSR count). The number of hydrogen-bond donors (Lipinski definition) is 1. The summed E-state index contributed by atoms with van der Waals surface area (Å²) in [5, 5.41) is 5.56. The van der Waals surface area contributed by atoms with E-state index >= 15 is 0 Å². The molecule has 1 N–H and O–H groups in total. The second kappa shape index (κ2) is 8.87. The van der Waals surface area contributed by atoms with E-state index in [-0.39, 0.29) is 13.2 Å². The van der Waals surface area contributed by atoms with Gasteiger partial charge in [-0.3, -0.25) is 4.79 Å². The predicted molar refractivity (Wildman–Crippen MR) is 97.4 cm³/mol. The van der Waals surface area contributed by atoms with E-state index in [4.69, 9.17) is 27.9 Å². The summed E-state index contributed by atoms with van der Waals surface area (Å²) in [7, 11) is 0. The van der Waals surface area contributed by atoms with Crippen LogP contribution in [0.15, 0.2) is 35.7 Å². The van der Waals surface area contributed by atoms with Crippen molar-refractivity contribution < 1.29 is 14.3 Å². The Kier molecular flexibility index (Phi) is 6.85. The van der Waals surface area contributed by atoms with Crippen molar-refractivity contribution in [3.63, 3.8) is 0 Å². The largest absolute Gasteiger partial charge is 0.452 e. The van der Waals surface area contributed by atoms with Crippen molar-refractivity contribution in [1.29, 1.82) is 0 Å². The SMILES string of the molecule is Cc1ccsc1/C=C/C(=O)OCC(=O)NCc1ccc(Cl)cc1Cl. The van der Waals surface area contributed by atoms with Crippen LogP contribution in [-0.2, 0) is 20.9 Å². The number of thiophene rings is 1. The van der Waals surface area contributed by atoms with Gasteiger partial charge in [-0.25, -0.2) is 4.79 Å². The molecule has 126 valence electrons. The van der Waals surface area contributed by atoms with Gasteiger partial charge in [-0.2, -0.15) is 0 Å². The van der Waals surface area contributed by atoms with Gasteiger partial charge in [-0.15, -0.1) is 11.3 Å². The molecule has 2 aromatic rings. The Hall–Kier alpha value is -1.82. The smallest absolute Gasteiger partial charge is 0.331 e. The van der Waals surface area contributed by atoms with Gasteiger partial charge in [0.1, 0.15) is 0 Å². The molecule has 4 nitrogen and oxygen atoms in total. The molecule has 0 spiro atoms. The maximum Gasteiger partial charge on any atom is 0.331 e. The van der Waals surface area contributed by atoms with Crippen LogP contribution in [0.25, 0.3) is 6.08 Å². The first-order chi connectivity index (χ1) is 11.5. The second-order valence-corrected chi connectivity index (χ2v) is 6.71. The lowest BCUT2D eigenvalue weighted by Gasteiger charge is -2.07. The maximum absolute atomic E-state index is 11.7. The normalized spacial score (nSPS) is 10.8. The third-order valence-corrected chi connectivity index (χ3v) is 4.68. The summed E-state index contributed by atoms with van der Waals surface area (Å²) in [6.07, 6.45) is 2.98. The summed E-state index contributed by atoms with van der Waals surface area (Å²) in [5.74, 6) is -0.974. The predicted octanol–water partition coefficient (Wildman–Crippen LogP) is 4.24. The lowest BCUT2D eigenvalue weighted by molar-refractivity contribution is -0.143. The molecule has 7 heteroatoms. The van der Waals surface area contributed by atoms with Crippen molar-refractivity contribution in [1.82, 2.24) is 5.32 Å². The molecule has 1 heterocycles. The molecule has 1 amide bonds. The quantitative estimate of drug-likeness (QED) is 0.599. The average Bonchev–Trinajstić information content (AvgIpc) is 2.95. The summed E-state index contributed by atoms with van der Waals surface area (Å²) < 4.78 is 4.89. The zero-order valence-electron chi connectivity index (χ0n) is 12.8. The molecule has 0 atom stereocenters. The van der Waals surface area contributed by atoms with Crippen molar-refractivity contribution in [2.45, 2.75) is 13.5 Å². The van der Waals surface area contributed by atoms with Crippen molar-refractivity contribution in [2.24, 2.45) is 0 Å². The highest BCUT2D eigenvalue weighted by molar-refractivity contribution is 7.11. The Morgan fingerprint density at radius 1 is 1.29 bits per heavy atom. The van der Waals surface area contributed by atoms with E-state index in [0.717, 1.165) is 16.0 Å². The number of aryl methyl sites for hydroxylation is 1. The third kappa shape index (κ3) is 5.67. The van der Waals surface area contributed by atoms with Crippen LogP contribution in [0, 0.1) is 6.92 Å². The molecule has 0 saturated heterocycles. The highest BCUT2D eigenvalue weighted by atomic mass is 35.5. The number of hydrogen-bond acceptors (Lipinski definition) is 4. The molecule has 0 aliphatic rings. The first kappa shape index (κ1) is 18.5. The third-order valence-electron chi connectivity index (χ3n) is 3.11. The zero-order chi connectivity index (χ0) is 17.5. The molecule has 0 unspecified atom stereocenters. The molecule has 0 bridgehead atoms. The molecule has 0 saturated carbocycles. The number of rotatable bonds is 6. The van der Waals surface area contributed by atoms with Crippen LogP contribution >= 0.6 is 34.5 Å². The number of halogens is 2. The Morgan fingerprint density at radius 3 is 2.75 bits per heavy atom. The summed E-state index contributed by atoms with van der Waals surface area (Å²) >= 11 is 13.3. The van der Waals surface area contributed by atoms with Crippen LogP contribution in [0.1, 0.15) is 16.0 Å². The number of esters is 1. The zero-order valence-corrected chi connectivity index (χ0v) is 15.2. The lowest BCUT2D eigenvalue weighted by Crippen LogP contribution is -2.28. The molecule has 0 aliphatic carbocycles. The van der Waals surface area contributed by atoms with E-state index in [2.05, 4.69) is 5.32 Å². The minimum absolute atomic E-state index is 0.233. The van der Waals surface area contributed by atoms with Crippen LogP contribution in [0.2, 0.25) is 10.0 Å². The summed E-state index contributed by atoms with van der Waals surface area (Å²) in [6, 6.07) is 6.97. The van der Waals surface area contributed by atoms with E-state index in [9.17, 15) is 9.59 Å². The van der Waals surface area contributed by atoms with Crippen LogP contribution in [0.4, 0.5) is 0 Å². The van der Waals surface area contributed by atoms with Gasteiger partial charge in [0.05, 0.1) is 0 Å². The van der Waals surface area contributed by atoms with E-state index in [1.165, 1.54) is 17.4 Å². The monoisotopic (exact) mass is 383 g/mol. The van der Waals surface area contributed by atoms with E-state index < -0.39 is 11.9 Å².